The fraction of sp³-hybridized carbons (Fsp3) is 0.800. The molecule has 0 spiro atoms. The monoisotopic (exact) mass is 328 g/mol. The van der Waals surface area contributed by atoms with Gasteiger partial charge in [0.2, 0.25) is 10.0 Å². The third-order valence-electron chi connectivity index (χ3n) is 5.40. The summed E-state index contributed by atoms with van der Waals surface area (Å²) in [5.41, 5.74) is -0.309. The zero-order chi connectivity index (χ0) is 16.1. The Bertz CT molecular complexity index is 650. The minimum Gasteiger partial charge on any atom is -0.389 e. The van der Waals surface area contributed by atoms with Gasteiger partial charge in [-0.05, 0) is 40.0 Å². The molecular weight excluding hydrogens is 304 g/mol. The third kappa shape index (κ3) is 2.30. The van der Waals surface area contributed by atoms with E-state index in [9.17, 15) is 13.5 Å². The second-order valence-electron chi connectivity index (χ2n) is 6.72. The van der Waals surface area contributed by atoms with Crippen molar-refractivity contribution in [2.24, 2.45) is 5.92 Å². The molecule has 3 unspecified atom stereocenters. The average Bonchev–Trinajstić information content (AvgIpc) is 2.78. The van der Waals surface area contributed by atoms with Crippen molar-refractivity contribution >= 4 is 10.0 Å². The Labute approximate surface area is 131 Å². The summed E-state index contributed by atoms with van der Waals surface area (Å²) in [6, 6.07) is -0.210. The number of nitrogens with zero attached hydrogens (tertiary/aromatic N) is 2. The molecule has 22 heavy (non-hydrogen) atoms. The molecule has 0 bridgehead atoms. The lowest BCUT2D eigenvalue weighted by molar-refractivity contribution is -0.101. The van der Waals surface area contributed by atoms with Gasteiger partial charge in [-0.3, -0.25) is 0 Å². The third-order valence-corrected chi connectivity index (χ3v) is 7.63. The lowest BCUT2D eigenvalue weighted by Crippen LogP contribution is -2.59. The van der Waals surface area contributed by atoms with Gasteiger partial charge in [-0.25, -0.2) is 8.42 Å². The molecule has 2 fully saturated rings. The average molecular weight is 328 g/mol. The summed E-state index contributed by atoms with van der Waals surface area (Å²) < 4.78 is 32.6. The van der Waals surface area contributed by atoms with E-state index in [2.05, 4.69) is 5.16 Å². The van der Waals surface area contributed by atoms with Gasteiger partial charge in [0.15, 0.2) is 5.76 Å². The Kier molecular flexibility index (Phi) is 3.86. The van der Waals surface area contributed by atoms with Crippen molar-refractivity contribution < 1.29 is 18.0 Å². The van der Waals surface area contributed by atoms with E-state index in [4.69, 9.17) is 4.52 Å². The molecular formula is C15H24N2O4S. The Morgan fingerprint density at radius 2 is 2.05 bits per heavy atom. The summed E-state index contributed by atoms with van der Waals surface area (Å²) in [6.07, 6.45) is 4.24. The molecule has 3 atom stereocenters. The van der Waals surface area contributed by atoms with E-state index in [-0.39, 0.29) is 16.9 Å². The molecule has 1 saturated carbocycles. The molecule has 7 heteroatoms. The molecule has 1 aliphatic carbocycles. The topological polar surface area (TPSA) is 83.6 Å². The zero-order valence-corrected chi connectivity index (χ0v) is 14.2. The summed E-state index contributed by atoms with van der Waals surface area (Å²) in [5.74, 6) is 0.333. The van der Waals surface area contributed by atoms with Gasteiger partial charge < -0.3 is 9.63 Å². The number of piperidine rings is 1. The molecule has 1 aromatic rings. The SMILES string of the molecule is Cc1noc(C)c1S(=O)(=O)N1CCC2(O)CCCCC2C1C. The van der Waals surface area contributed by atoms with Crippen LogP contribution in [0.2, 0.25) is 0 Å². The Balaban J connectivity index is 1.96. The second kappa shape index (κ2) is 5.32. The maximum atomic E-state index is 13.0. The zero-order valence-electron chi connectivity index (χ0n) is 13.4. The van der Waals surface area contributed by atoms with E-state index in [0.29, 0.717) is 24.4 Å². The van der Waals surface area contributed by atoms with Gasteiger partial charge >= 0.3 is 0 Å². The van der Waals surface area contributed by atoms with Crippen molar-refractivity contribution in [3.05, 3.63) is 11.5 Å². The highest BCUT2D eigenvalue weighted by Gasteiger charge is 2.50. The smallest absolute Gasteiger partial charge is 0.248 e. The maximum absolute atomic E-state index is 13.0. The summed E-state index contributed by atoms with van der Waals surface area (Å²) in [4.78, 5) is 0.181. The molecule has 0 aromatic carbocycles. The molecule has 1 N–H and O–H groups in total. The Hall–Kier alpha value is -0.920. The van der Waals surface area contributed by atoms with E-state index >= 15 is 0 Å². The second-order valence-corrected chi connectivity index (χ2v) is 8.54. The van der Waals surface area contributed by atoms with Crippen LogP contribution in [0.4, 0.5) is 0 Å². The van der Waals surface area contributed by atoms with Crippen LogP contribution >= 0.6 is 0 Å². The molecule has 1 aliphatic heterocycles. The highest BCUT2D eigenvalue weighted by Crippen LogP contribution is 2.44. The number of rotatable bonds is 2. The number of sulfonamides is 1. The van der Waals surface area contributed by atoms with Crippen molar-refractivity contribution in [1.82, 2.24) is 9.46 Å². The Morgan fingerprint density at radius 1 is 1.32 bits per heavy atom. The first-order valence-corrected chi connectivity index (χ1v) is 9.38. The van der Waals surface area contributed by atoms with Crippen LogP contribution in [0, 0.1) is 19.8 Å². The van der Waals surface area contributed by atoms with Gasteiger partial charge in [0.05, 0.1) is 5.60 Å². The number of hydrogen-bond donors (Lipinski definition) is 1. The van der Waals surface area contributed by atoms with Gasteiger partial charge in [0.1, 0.15) is 10.6 Å². The Morgan fingerprint density at radius 3 is 2.68 bits per heavy atom. The number of aryl methyl sites for hydroxylation is 2. The maximum Gasteiger partial charge on any atom is 0.248 e. The van der Waals surface area contributed by atoms with E-state index in [1.165, 1.54) is 4.31 Å². The van der Waals surface area contributed by atoms with Crippen LogP contribution in [0.1, 0.15) is 50.5 Å². The number of aromatic nitrogens is 1. The molecule has 124 valence electrons. The van der Waals surface area contributed by atoms with Gasteiger partial charge in [0.25, 0.3) is 0 Å². The van der Waals surface area contributed by atoms with Crippen LogP contribution in [0.3, 0.4) is 0 Å². The van der Waals surface area contributed by atoms with Crippen LogP contribution in [0.15, 0.2) is 9.42 Å². The van der Waals surface area contributed by atoms with E-state index in [0.717, 1.165) is 25.7 Å². The van der Waals surface area contributed by atoms with Gasteiger partial charge in [-0.1, -0.05) is 18.0 Å². The predicted octanol–water partition coefficient (Wildman–Crippen LogP) is 2.00. The van der Waals surface area contributed by atoms with Crippen LogP contribution in [0.25, 0.3) is 0 Å². The van der Waals surface area contributed by atoms with Crippen LogP contribution < -0.4 is 0 Å². The van der Waals surface area contributed by atoms with Gasteiger partial charge in [-0.15, -0.1) is 0 Å². The predicted molar refractivity (Wildman–Crippen MR) is 80.9 cm³/mol. The van der Waals surface area contributed by atoms with Crippen LogP contribution in [-0.4, -0.2) is 41.2 Å². The van der Waals surface area contributed by atoms with E-state index in [1.807, 2.05) is 6.92 Å². The summed E-state index contributed by atoms with van der Waals surface area (Å²) in [7, 11) is -3.64. The van der Waals surface area contributed by atoms with Crippen molar-refractivity contribution in [1.29, 1.82) is 0 Å². The molecule has 1 saturated heterocycles. The minimum atomic E-state index is -3.64. The molecule has 2 aliphatic rings. The fourth-order valence-corrected chi connectivity index (χ4v) is 6.22. The first kappa shape index (κ1) is 16.0. The van der Waals surface area contributed by atoms with Crippen molar-refractivity contribution in [3.8, 4) is 0 Å². The molecule has 1 aromatic heterocycles. The lowest BCUT2D eigenvalue weighted by Gasteiger charge is -2.50. The first-order valence-electron chi connectivity index (χ1n) is 7.94. The largest absolute Gasteiger partial charge is 0.389 e. The van der Waals surface area contributed by atoms with E-state index < -0.39 is 15.6 Å². The van der Waals surface area contributed by atoms with Crippen molar-refractivity contribution in [3.63, 3.8) is 0 Å². The number of hydrogen-bond acceptors (Lipinski definition) is 5. The lowest BCUT2D eigenvalue weighted by atomic mass is 9.68. The van der Waals surface area contributed by atoms with Gasteiger partial charge in [-0.2, -0.15) is 4.31 Å². The molecule has 0 radical (unpaired) electrons. The summed E-state index contributed by atoms with van der Waals surface area (Å²) in [5, 5.41) is 14.6. The summed E-state index contributed by atoms with van der Waals surface area (Å²) >= 11 is 0. The molecule has 6 nitrogen and oxygen atoms in total. The summed E-state index contributed by atoms with van der Waals surface area (Å²) in [6.45, 7) is 5.53. The molecule has 0 amide bonds. The van der Waals surface area contributed by atoms with E-state index in [1.54, 1.807) is 13.8 Å². The number of aliphatic hydroxyl groups is 1. The standard InChI is InChI=1S/C15H24N2O4S/c1-10-14(12(3)21-16-10)22(19,20)17-9-8-15(18)7-5-4-6-13(15)11(17)2/h11,13,18H,4-9H2,1-3H3. The minimum absolute atomic E-state index is 0.00486. The van der Waals surface area contributed by atoms with Crippen LogP contribution in [0.5, 0.6) is 0 Å². The quantitative estimate of drug-likeness (QED) is 0.897. The van der Waals surface area contributed by atoms with Crippen molar-refractivity contribution in [2.45, 2.75) is 69.4 Å². The number of fused-ring (bicyclic) bond motifs is 1. The van der Waals surface area contributed by atoms with Crippen molar-refractivity contribution in [2.75, 3.05) is 6.54 Å². The highest BCUT2D eigenvalue weighted by molar-refractivity contribution is 7.89. The first-order chi connectivity index (χ1) is 10.3. The highest BCUT2D eigenvalue weighted by atomic mass is 32.2. The van der Waals surface area contributed by atoms with Crippen LogP contribution in [-0.2, 0) is 10.0 Å². The van der Waals surface area contributed by atoms with Gasteiger partial charge in [0, 0.05) is 18.5 Å². The molecule has 2 heterocycles. The fourth-order valence-electron chi connectivity index (χ4n) is 4.26. The molecule has 3 rings (SSSR count). The normalized spacial score (nSPS) is 33.6.